The minimum Gasteiger partial charge on any atom is -0.361 e. The summed E-state index contributed by atoms with van der Waals surface area (Å²) in [5.41, 5.74) is 0. The van der Waals surface area contributed by atoms with Gasteiger partial charge in [0.05, 0.1) is 6.54 Å². The van der Waals surface area contributed by atoms with E-state index in [-0.39, 0.29) is 0 Å². The van der Waals surface area contributed by atoms with Gasteiger partial charge in [-0.3, -0.25) is 4.99 Å². The first-order valence-electron chi connectivity index (χ1n) is 6.79. The summed E-state index contributed by atoms with van der Waals surface area (Å²) in [5, 5.41) is 4.73. The van der Waals surface area contributed by atoms with Gasteiger partial charge in [-0.1, -0.05) is 25.6 Å². The Labute approximate surface area is 109 Å². The van der Waals surface area contributed by atoms with Crippen LogP contribution in [-0.4, -0.2) is 48.0 Å². The predicted molar refractivity (Wildman–Crippen MR) is 76.8 cm³/mol. The van der Waals surface area contributed by atoms with Crippen LogP contribution in [0.15, 0.2) is 4.99 Å². The summed E-state index contributed by atoms with van der Waals surface area (Å²) in [6, 6.07) is 1.31. The Bertz CT molecular complexity index is 278. The van der Waals surface area contributed by atoms with Crippen LogP contribution in [0, 0.1) is 5.92 Å². The monoisotopic (exact) mass is 255 g/mol. The van der Waals surface area contributed by atoms with Gasteiger partial charge in [0.1, 0.15) is 0 Å². The molecule has 0 amide bonds. The molecule has 0 saturated carbocycles. The minimum atomic E-state index is 0.639. The first kappa shape index (κ1) is 13.2. The molecule has 0 radical (unpaired) electrons. The molecule has 0 aromatic carbocycles. The highest BCUT2D eigenvalue weighted by atomic mass is 32.2. The molecule has 2 aliphatic heterocycles. The van der Waals surface area contributed by atoms with Crippen LogP contribution in [0.5, 0.6) is 0 Å². The van der Waals surface area contributed by atoms with Crippen LogP contribution in [-0.2, 0) is 0 Å². The SMILES string of the molecule is CC(C)CC1CSC(=NCC2CCCN2C)N1. The Balaban J connectivity index is 1.75. The fourth-order valence-corrected chi connectivity index (χ4v) is 3.62. The molecule has 2 unspecified atom stereocenters. The van der Waals surface area contributed by atoms with Crippen LogP contribution in [0.2, 0.25) is 0 Å². The number of thioether (sulfide) groups is 1. The molecule has 0 aromatic rings. The lowest BCUT2D eigenvalue weighted by Gasteiger charge is -2.17. The van der Waals surface area contributed by atoms with Gasteiger partial charge < -0.3 is 10.2 Å². The maximum Gasteiger partial charge on any atom is 0.156 e. The smallest absolute Gasteiger partial charge is 0.156 e. The second-order valence-corrected chi connectivity index (χ2v) is 6.71. The molecule has 0 aliphatic carbocycles. The number of hydrogen-bond acceptors (Lipinski definition) is 3. The standard InChI is InChI=1S/C13H25N3S/c1-10(2)7-11-9-17-13(15-11)14-8-12-5-4-6-16(12)3/h10-12H,4-9H2,1-3H3,(H,14,15). The van der Waals surface area contributed by atoms with E-state index < -0.39 is 0 Å². The Morgan fingerprint density at radius 2 is 2.35 bits per heavy atom. The summed E-state index contributed by atoms with van der Waals surface area (Å²) in [7, 11) is 2.22. The molecule has 2 rings (SSSR count). The van der Waals surface area contributed by atoms with Crippen molar-refractivity contribution in [2.24, 2.45) is 10.9 Å². The topological polar surface area (TPSA) is 27.6 Å². The normalized spacial score (nSPS) is 32.6. The van der Waals surface area contributed by atoms with Crippen LogP contribution in [0.4, 0.5) is 0 Å². The van der Waals surface area contributed by atoms with Crippen molar-refractivity contribution >= 4 is 16.9 Å². The Morgan fingerprint density at radius 3 is 3.00 bits per heavy atom. The van der Waals surface area contributed by atoms with E-state index in [1.54, 1.807) is 0 Å². The zero-order valence-electron chi connectivity index (χ0n) is 11.3. The van der Waals surface area contributed by atoms with E-state index in [0.717, 1.165) is 12.5 Å². The Hall–Kier alpha value is -0.220. The molecule has 0 bridgehead atoms. The second-order valence-electron chi connectivity index (χ2n) is 5.70. The van der Waals surface area contributed by atoms with Gasteiger partial charge in [0.15, 0.2) is 5.17 Å². The van der Waals surface area contributed by atoms with Crippen LogP contribution >= 0.6 is 11.8 Å². The molecule has 2 heterocycles. The van der Waals surface area contributed by atoms with E-state index >= 15 is 0 Å². The highest BCUT2D eigenvalue weighted by Gasteiger charge is 2.23. The summed E-state index contributed by atoms with van der Waals surface area (Å²) in [6.45, 7) is 6.79. The lowest BCUT2D eigenvalue weighted by Crippen LogP contribution is -2.30. The van der Waals surface area contributed by atoms with Crippen molar-refractivity contribution in [2.75, 3.05) is 25.9 Å². The molecule has 2 saturated heterocycles. The van der Waals surface area contributed by atoms with E-state index in [1.807, 2.05) is 11.8 Å². The van der Waals surface area contributed by atoms with Gasteiger partial charge in [0, 0.05) is 17.8 Å². The first-order valence-corrected chi connectivity index (χ1v) is 7.77. The summed E-state index contributed by atoms with van der Waals surface area (Å²) in [6.07, 6.45) is 3.91. The lowest BCUT2D eigenvalue weighted by molar-refractivity contribution is 0.317. The van der Waals surface area contributed by atoms with Crippen LogP contribution in [0.3, 0.4) is 0 Å². The molecule has 4 heteroatoms. The van der Waals surface area contributed by atoms with Gasteiger partial charge in [0.2, 0.25) is 0 Å². The number of aliphatic imine (C=N–C) groups is 1. The van der Waals surface area contributed by atoms with Crippen molar-refractivity contribution in [2.45, 2.75) is 45.2 Å². The quantitative estimate of drug-likeness (QED) is 0.834. The molecule has 2 fully saturated rings. The number of hydrogen-bond donors (Lipinski definition) is 1. The van der Waals surface area contributed by atoms with E-state index in [4.69, 9.17) is 4.99 Å². The van der Waals surface area contributed by atoms with Gasteiger partial charge in [-0.25, -0.2) is 0 Å². The van der Waals surface area contributed by atoms with E-state index in [1.165, 1.54) is 36.7 Å². The summed E-state index contributed by atoms with van der Waals surface area (Å²) < 4.78 is 0. The number of rotatable bonds is 4. The predicted octanol–water partition coefficient (Wildman–Crippen LogP) is 2.19. The zero-order valence-corrected chi connectivity index (χ0v) is 12.1. The highest BCUT2D eigenvalue weighted by molar-refractivity contribution is 8.14. The van der Waals surface area contributed by atoms with Gasteiger partial charge >= 0.3 is 0 Å². The second kappa shape index (κ2) is 6.10. The molecule has 0 aromatic heterocycles. The third-order valence-electron chi connectivity index (χ3n) is 3.62. The summed E-state index contributed by atoms with van der Waals surface area (Å²) >= 11 is 1.90. The fourth-order valence-electron chi connectivity index (χ4n) is 2.62. The van der Waals surface area contributed by atoms with Crippen molar-refractivity contribution in [3.05, 3.63) is 0 Å². The van der Waals surface area contributed by atoms with Gasteiger partial charge in [-0.15, -0.1) is 0 Å². The van der Waals surface area contributed by atoms with Gasteiger partial charge in [0.25, 0.3) is 0 Å². The van der Waals surface area contributed by atoms with Crippen LogP contribution in [0.1, 0.15) is 33.1 Å². The number of nitrogens with zero attached hydrogens (tertiary/aromatic N) is 2. The number of likely N-dealkylation sites (tertiary alicyclic amines) is 1. The molecule has 98 valence electrons. The number of likely N-dealkylation sites (N-methyl/N-ethyl adjacent to an activating group) is 1. The maximum atomic E-state index is 4.74. The van der Waals surface area contributed by atoms with Gasteiger partial charge in [-0.05, 0) is 38.8 Å². The van der Waals surface area contributed by atoms with Crippen molar-refractivity contribution < 1.29 is 0 Å². The fraction of sp³-hybridized carbons (Fsp3) is 0.923. The number of nitrogens with one attached hydrogen (secondary N) is 1. The number of amidine groups is 1. The molecule has 0 spiro atoms. The largest absolute Gasteiger partial charge is 0.361 e. The van der Waals surface area contributed by atoms with Crippen LogP contribution < -0.4 is 5.32 Å². The Kier molecular flexibility index (Phi) is 4.74. The molecular weight excluding hydrogens is 230 g/mol. The van der Waals surface area contributed by atoms with Crippen molar-refractivity contribution in [1.29, 1.82) is 0 Å². The van der Waals surface area contributed by atoms with E-state index in [2.05, 4.69) is 31.1 Å². The van der Waals surface area contributed by atoms with Crippen molar-refractivity contribution in [3.8, 4) is 0 Å². The average Bonchev–Trinajstić information content (AvgIpc) is 2.84. The zero-order chi connectivity index (χ0) is 12.3. The average molecular weight is 255 g/mol. The molecule has 17 heavy (non-hydrogen) atoms. The summed E-state index contributed by atoms with van der Waals surface area (Å²) in [4.78, 5) is 7.18. The minimum absolute atomic E-state index is 0.639. The Morgan fingerprint density at radius 1 is 1.53 bits per heavy atom. The van der Waals surface area contributed by atoms with E-state index in [9.17, 15) is 0 Å². The molecular formula is C13H25N3S. The highest BCUT2D eigenvalue weighted by Crippen LogP contribution is 2.20. The third kappa shape index (κ3) is 3.88. The third-order valence-corrected chi connectivity index (χ3v) is 4.71. The summed E-state index contributed by atoms with van der Waals surface area (Å²) in [5.74, 6) is 1.96. The van der Waals surface area contributed by atoms with Crippen molar-refractivity contribution in [3.63, 3.8) is 0 Å². The molecule has 2 aliphatic rings. The first-order chi connectivity index (χ1) is 8.15. The lowest BCUT2D eigenvalue weighted by atomic mass is 10.1. The van der Waals surface area contributed by atoms with E-state index in [0.29, 0.717) is 12.1 Å². The van der Waals surface area contributed by atoms with Crippen molar-refractivity contribution in [1.82, 2.24) is 10.2 Å². The molecule has 1 N–H and O–H groups in total. The molecule has 2 atom stereocenters. The molecule has 3 nitrogen and oxygen atoms in total. The maximum absolute atomic E-state index is 4.74. The van der Waals surface area contributed by atoms with Gasteiger partial charge in [-0.2, -0.15) is 0 Å². The van der Waals surface area contributed by atoms with Crippen LogP contribution in [0.25, 0.3) is 0 Å².